The van der Waals surface area contributed by atoms with Crippen LogP contribution in [0, 0.1) is 5.92 Å². The van der Waals surface area contributed by atoms with E-state index in [0.717, 1.165) is 12.8 Å². The molecule has 2 atom stereocenters. The molecule has 15 heavy (non-hydrogen) atoms. The SMILES string of the molecule is CC1CCN(S(=O)(=O)N2CCC(N)C2)C1. The van der Waals surface area contributed by atoms with E-state index < -0.39 is 10.2 Å². The molecule has 0 aliphatic carbocycles. The minimum absolute atomic E-state index is 0.0137. The first-order chi connectivity index (χ1) is 7.00. The lowest BCUT2D eigenvalue weighted by Gasteiger charge is -2.23. The molecule has 0 aromatic heterocycles. The number of hydrogen-bond donors (Lipinski definition) is 1. The first-order valence-electron chi connectivity index (χ1n) is 5.51. The highest BCUT2D eigenvalue weighted by molar-refractivity contribution is 7.86. The van der Waals surface area contributed by atoms with Crippen LogP contribution in [0.4, 0.5) is 0 Å². The molecule has 0 spiro atoms. The summed E-state index contributed by atoms with van der Waals surface area (Å²) >= 11 is 0. The van der Waals surface area contributed by atoms with E-state index in [9.17, 15) is 8.42 Å². The zero-order valence-corrected chi connectivity index (χ0v) is 9.91. The molecule has 0 aromatic rings. The molecule has 0 aromatic carbocycles. The van der Waals surface area contributed by atoms with Gasteiger partial charge in [-0.1, -0.05) is 6.92 Å². The zero-order valence-electron chi connectivity index (χ0n) is 9.09. The van der Waals surface area contributed by atoms with E-state index in [1.165, 1.54) is 4.31 Å². The molecule has 2 aliphatic rings. The Bertz CT molecular complexity index is 304. The quantitative estimate of drug-likeness (QED) is 0.706. The van der Waals surface area contributed by atoms with E-state index in [2.05, 4.69) is 6.92 Å². The van der Waals surface area contributed by atoms with Crippen molar-refractivity contribution in [2.75, 3.05) is 26.2 Å². The van der Waals surface area contributed by atoms with Gasteiger partial charge in [0.15, 0.2) is 0 Å². The maximum atomic E-state index is 12.1. The van der Waals surface area contributed by atoms with Gasteiger partial charge < -0.3 is 5.73 Å². The van der Waals surface area contributed by atoms with Gasteiger partial charge in [-0.2, -0.15) is 17.0 Å². The molecule has 2 rings (SSSR count). The molecular formula is C9H19N3O2S. The minimum atomic E-state index is -3.22. The number of nitrogens with two attached hydrogens (primary N) is 1. The Hall–Kier alpha value is -0.170. The summed E-state index contributed by atoms with van der Waals surface area (Å²) in [6.07, 6.45) is 1.75. The van der Waals surface area contributed by atoms with E-state index in [1.807, 2.05) is 0 Å². The van der Waals surface area contributed by atoms with Crippen molar-refractivity contribution in [2.24, 2.45) is 11.7 Å². The van der Waals surface area contributed by atoms with Crippen molar-refractivity contribution in [3.05, 3.63) is 0 Å². The Morgan fingerprint density at radius 3 is 2.20 bits per heavy atom. The van der Waals surface area contributed by atoms with Crippen molar-refractivity contribution in [3.63, 3.8) is 0 Å². The van der Waals surface area contributed by atoms with Gasteiger partial charge >= 0.3 is 0 Å². The maximum Gasteiger partial charge on any atom is 0.282 e. The largest absolute Gasteiger partial charge is 0.326 e. The van der Waals surface area contributed by atoms with Gasteiger partial charge in [0.25, 0.3) is 10.2 Å². The Labute approximate surface area is 91.4 Å². The van der Waals surface area contributed by atoms with Crippen molar-refractivity contribution in [3.8, 4) is 0 Å². The molecule has 0 bridgehead atoms. The normalized spacial score (nSPS) is 35.1. The van der Waals surface area contributed by atoms with Crippen LogP contribution >= 0.6 is 0 Å². The minimum Gasteiger partial charge on any atom is -0.326 e. The molecule has 0 amide bonds. The van der Waals surface area contributed by atoms with Crippen LogP contribution in [0.1, 0.15) is 19.8 Å². The van der Waals surface area contributed by atoms with Crippen LogP contribution in [0.5, 0.6) is 0 Å². The van der Waals surface area contributed by atoms with Gasteiger partial charge in [0, 0.05) is 32.2 Å². The molecule has 2 saturated heterocycles. The van der Waals surface area contributed by atoms with Gasteiger partial charge in [-0.05, 0) is 18.8 Å². The zero-order chi connectivity index (χ0) is 11.1. The first kappa shape index (κ1) is 11.3. The van der Waals surface area contributed by atoms with Crippen LogP contribution in [0.25, 0.3) is 0 Å². The Morgan fingerprint density at radius 2 is 1.73 bits per heavy atom. The maximum absolute atomic E-state index is 12.1. The molecule has 0 saturated carbocycles. The summed E-state index contributed by atoms with van der Waals surface area (Å²) in [7, 11) is -3.22. The monoisotopic (exact) mass is 233 g/mol. The Kier molecular flexibility index (Phi) is 3.03. The topological polar surface area (TPSA) is 66.6 Å². The van der Waals surface area contributed by atoms with Crippen molar-refractivity contribution in [2.45, 2.75) is 25.8 Å². The molecule has 2 N–H and O–H groups in total. The summed E-state index contributed by atoms with van der Waals surface area (Å²) in [4.78, 5) is 0. The summed E-state index contributed by atoms with van der Waals surface area (Å²) in [6.45, 7) is 4.47. The van der Waals surface area contributed by atoms with Crippen molar-refractivity contribution >= 4 is 10.2 Å². The highest BCUT2D eigenvalue weighted by Gasteiger charge is 2.37. The van der Waals surface area contributed by atoms with Gasteiger partial charge in [-0.15, -0.1) is 0 Å². The van der Waals surface area contributed by atoms with Crippen molar-refractivity contribution < 1.29 is 8.42 Å². The van der Waals surface area contributed by atoms with E-state index in [4.69, 9.17) is 5.73 Å². The molecule has 2 fully saturated rings. The highest BCUT2D eigenvalue weighted by Crippen LogP contribution is 2.23. The summed E-state index contributed by atoms with van der Waals surface area (Å²) in [5, 5.41) is 0. The highest BCUT2D eigenvalue weighted by atomic mass is 32.2. The van der Waals surface area contributed by atoms with Crippen LogP contribution in [-0.2, 0) is 10.2 Å². The van der Waals surface area contributed by atoms with E-state index in [-0.39, 0.29) is 6.04 Å². The third kappa shape index (κ3) is 2.18. The van der Waals surface area contributed by atoms with Crippen molar-refractivity contribution in [1.29, 1.82) is 0 Å². The summed E-state index contributed by atoms with van der Waals surface area (Å²) in [6, 6.07) is 0.0137. The van der Waals surface area contributed by atoms with Gasteiger partial charge in [0.1, 0.15) is 0 Å². The fourth-order valence-corrected chi connectivity index (χ4v) is 4.05. The van der Waals surface area contributed by atoms with Gasteiger partial charge in [0.2, 0.25) is 0 Å². The predicted molar refractivity (Wildman–Crippen MR) is 58.4 cm³/mol. The smallest absolute Gasteiger partial charge is 0.282 e. The fourth-order valence-electron chi connectivity index (χ4n) is 2.23. The molecule has 5 nitrogen and oxygen atoms in total. The second-order valence-electron chi connectivity index (χ2n) is 4.67. The standard InChI is InChI=1S/C9H19N3O2S/c1-8-2-4-11(6-8)15(13,14)12-5-3-9(10)7-12/h8-9H,2-7,10H2,1H3. The molecule has 88 valence electrons. The summed E-state index contributed by atoms with van der Waals surface area (Å²) in [5.41, 5.74) is 5.72. The number of hydrogen-bond acceptors (Lipinski definition) is 3. The molecule has 2 unspecified atom stereocenters. The summed E-state index contributed by atoms with van der Waals surface area (Å²) < 4.78 is 27.4. The van der Waals surface area contributed by atoms with Crippen LogP contribution in [0.2, 0.25) is 0 Å². The average molecular weight is 233 g/mol. The third-order valence-corrected chi connectivity index (χ3v) is 5.20. The number of nitrogens with zero attached hydrogens (tertiary/aromatic N) is 2. The van der Waals surface area contributed by atoms with Crippen LogP contribution in [0.15, 0.2) is 0 Å². The summed E-state index contributed by atoms with van der Waals surface area (Å²) in [5.74, 6) is 0.482. The Balaban J connectivity index is 2.06. The lowest BCUT2D eigenvalue weighted by molar-refractivity contribution is 0.389. The fraction of sp³-hybridized carbons (Fsp3) is 1.00. The second kappa shape index (κ2) is 4.01. The second-order valence-corrected chi connectivity index (χ2v) is 6.59. The lowest BCUT2D eigenvalue weighted by Crippen LogP contribution is -2.42. The molecular weight excluding hydrogens is 214 g/mol. The predicted octanol–water partition coefficient (Wildman–Crippen LogP) is -0.394. The van der Waals surface area contributed by atoms with Crippen LogP contribution in [0.3, 0.4) is 0 Å². The lowest BCUT2D eigenvalue weighted by atomic mass is 10.2. The van der Waals surface area contributed by atoms with Gasteiger partial charge in [0.05, 0.1) is 0 Å². The van der Waals surface area contributed by atoms with Crippen molar-refractivity contribution in [1.82, 2.24) is 8.61 Å². The molecule has 2 heterocycles. The Morgan fingerprint density at radius 1 is 1.13 bits per heavy atom. The van der Waals surface area contributed by atoms with Crippen LogP contribution < -0.4 is 5.73 Å². The van der Waals surface area contributed by atoms with E-state index in [1.54, 1.807) is 4.31 Å². The molecule has 2 aliphatic heterocycles. The average Bonchev–Trinajstić information content (AvgIpc) is 2.74. The molecule has 6 heteroatoms. The van der Waals surface area contributed by atoms with Crippen LogP contribution in [-0.4, -0.2) is 49.2 Å². The van der Waals surface area contributed by atoms with Gasteiger partial charge in [-0.3, -0.25) is 0 Å². The number of rotatable bonds is 2. The third-order valence-electron chi connectivity index (χ3n) is 3.23. The molecule has 0 radical (unpaired) electrons. The van der Waals surface area contributed by atoms with Gasteiger partial charge in [-0.25, -0.2) is 0 Å². The van der Waals surface area contributed by atoms with E-state index >= 15 is 0 Å². The van der Waals surface area contributed by atoms with E-state index in [0.29, 0.717) is 32.1 Å². The first-order valence-corrected chi connectivity index (χ1v) is 6.90.